The van der Waals surface area contributed by atoms with E-state index in [4.69, 9.17) is 9.15 Å². The average Bonchev–Trinajstić information content (AvgIpc) is 3.35. The monoisotopic (exact) mass is 432 g/mol. The molecule has 0 fully saturated rings. The summed E-state index contributed by atoms with van der Waals surface area (Å²) in [5.74, 6) is 2.64. The van der Waals surface area contributed by atoms with E-state index in [0.717, 1.165) is 39.3 Å². The molecule has 4 nitrogen and oxygen atoms in total. The summed E-state index contributed by atoms with van der Waals surface area (Å²) in [6.07, 6.45) is 1.06. The highest BCUT2D eigenvalue weighted by molar-refractivity contribution is 7.15. The maximum absolute atomic E-state index is 6.10. The number of ether oxygens (including phenoxy) is 1. The summed E-state index contributed by atoms with van der Waals surface area (Å²) in [4.78, 5) is 2.35. The van der Waals surface area contributed by atoms with Crippen molar-refractivity contribution in [2.75, 3.05) is 0 Å². The van der Waals surface area contributed by atoms with Crippen LogP contribution < -0.4 is 4.74 Å². The zero-order chi connectivity index (χ0) is 22.0. The van der Waals surface area contributed by atoms with Gasteiger partial charge in [0, 0.05) is 10.4 Å². The predicted octanol–water partition coefficient (Wildman–Crippen LogP) is 7.17. The van der Waals surface area contributed by atoms with Gasteiger partial charge in [-0.3, -0.25) is 0 Å². The summed E-state index contributed by atoms with van der Waals surface area (Å²) in [6.45, 7) is 11.3. The quantitative estimate of drug-likeness (QED) is 0.311. The molecule has 31 heavy (non-hydrogen) atoms. The molecule has 2 aromatic carbocycles. The van der Waals surface area contributed by atoms with Gasteiger partial charge < -0.3 is 9.15 Å². The van der Waals surface area contributed by atoms with Crippen LogP contribution in [0.2, 0.25) is 0 Å². The Morgan fingerprint density at radius 1 is 0.935 bits per heavy atom. The minimum atomic E-state index is 0.535. The summed E-state index contributed by atoms with van der Waals surface area (Å²) < 4.78 is 12.2. The maximum Gasteiger partial charge on any atom is 0.258 e. The van der Waals surface area contributed by atoms with Crippen LogP contribution in [0.25, 0.3) is 22.2 Å². The summed E-state index contributed by atoms with van der Waals surface area (Å²) in [7, 11) is 0. The van der Waals surface area contributed by atoms with Crippen LogP contribution in [0.15, 0.2) is 52.9 Å². The highest BCUT2D eigenvalue weighted by atomic mass is 32.1. The summed E-state index contributed by atoms with van der Waals surface area (Å²) in [6, 6.07) is 16.5. The van der Waals surface area contributed by atoms with E-state index in [1.54, 1.807) is 11.3 Å². The molecule has 0 aliphatic heterocycles. The van der Waals surface area contributed by atoms with E-state index < -0.39 is 0 Å². The summed E-state index contributed by atoms with van der Waals surface area (Å²) in [5, 5.41) is 8.63. The van der Waals surface area contributed by atoms with Crippen molar-refractivity contribution in [2.45, 2.75) is 47.6 Å². The van der Waals surface area contributed by atoms with Crippen LogP contribution in [0.4, 0.5) is 0 Å². The van der Waals surface area contributed by atoms with Crippen LogP contribution in [0, 0.1) is 26.7 Å². The standard InChI is InChI=1S/C26H28N2O2S/c1-16(2)11-21-14-23(31-19(21)5)26-28-27-25(30-26)22-12-17(3)24(18(4)13-22)29-15-20-9-7-6-8-10-20/h6-10,12-14,16H,11,15H2,1-5H3. The van der Waals surface area contributed by atoms with E-state index >= 15 is 0 Å². The van der Waals surface area contributed by atoms with Crippen molar-refractivity contribution in [3.05, 3.63) is 75.7 Å². The molecule has 0 atom stereocenters. The van der Waals surface area contributed by atoms with Crippen LogP contribution >= 0.6 is 11.3 Å². The van der Waals surface area contributed by atoms with Crippen LogP contribution in [0.5, 0.6) is 5.75 Å². The van der Waals surface area contributed by atoms with Gasteiger partial charge in [-0.05, 0) is 73.6 Å². The number of aryl methyl sites for hydroxylation is 3. The van der Waals surface area contributed by atoms with Crippen LogP contribution in [0.1, 0.15) is 41.0 Å². The Labute approximate surface area is 187 Å². The smallest absolute Gasteiger partial charge is 0.258 e. The predicted molar refractivity (Wildman–Crippen MR) is 127 cm³/mol. The fourth-order valence-corrected chi connectivity index (χ4v) is 4.71. The van der Waals surface area contributed by atoms with Gasteiger partial charge in [0.2, 0.25) is 5.89 Å². The Morgan fingerprint density at radius 3 is 2.29 bits per heavy atom. The zero-order valence-electron chi connectivity index (χ0n) is 18.7. The lowest BCUT2D eigenvalue weighted by atomic mass is 10.0. The van der Waals surface area contributed by atoms with Crippen molar-refractivity contribution < 1.29 is 9.15 Å². The first kappa shape index (κ1) is 21.3. The van der Waals surface area contributed by atoms with Gasteiger partial charge in [-0.1, -0.05) is 44.2 Å². The molecule has 0 radical (unpaired) electrons. The van der Waals surface area contributed by atoms with E-state index in [1.807, 2.05) is 18.2 Å². The molecule has 2 aromatic heterocycles. The van der Waals surface area contributed by atoms with E-state index in [0.29, 0.717) is 24.3 Å². The van der Waals surface area contributed by atoms with Crippen molar-refractivity contribution in [2.24, 2.45) is 5.92 Å². The molecular formula is C26H28N2O2S. The third kappa shape index (κ3) is 4.88. The van der Waals surface area contributed by atoms with Gasteiger partial charge in [0.1, 0.15) is 12.4 Å². The highest BCUT2D eigenvalue weighted by Crippen LogP contribution is 2.35. The average molecular weight is 433 g/mol. The summed E-state index contributed by atoms with van der Waals surface area (Å²) >= 11 is 1.71. The number of hydrogen-bond acceptors (Lipinski definition) is 5. The molecule has 0 saturated heterocycles. The molecule has 0 spiro atoms. The highest BCUT2D eigenvalue weighted by Gasteiger charge is 2.17. The first-order valence-corrected chi connectivity index (χ1v) is 11.4. The Kier molecular flexibility index (Phi) is 6.23. The molecule has 5 heteroatoms. The molecule has 0 bridgehead atoms. The molecular weight excluding hydrogens is 404 g/mol. The molecule has 0 aliphatic rings. The van der Waals surface area contributed by atoms with E-state index in [1.165, 1.54) is 10.4 Å². The van der Waals surface area contributed by atoms with Gasteiger partial charge >= 0.3 is 0 Å². The molecule has 0 N–H and O–H groups in total. The molecule has 2 heterocycles. The van der Waals surface area contributed by atoms with E-state index in [9.17, 15) is 0 Å². The largest absolute Gasteiger partial charge is 0.488 e. The second kappa shape index (κ2) is 9.06. The molecule has 0 aliphatic carbocycles. The van der Waals surface area contributed by atoms with E-state index in [-0.39, 0.29) is 0 Å². The Morgan fingerprint density at radius 2 is 1.61 bits per heavy atom. The topological polar surface area (TPSA) is 48.2 Å². The second-order valence-electron chi connectivity index (χ2n) is 8.42. The lowest BCUT2D eigenvalue weighted by Crippen LogP contribution is -1.99. The fourth-order valence-electron chi connectivity index (χ4n) is 3.74. The van der Waals surface area contributed by atoms with Crippen molar-refractivity contribution in [3.63, 3.8) is 0 Å². The van der Waals surface area contributed by atoms with Gasteiger partial charge in [0.15, 0.2) is 0 Å². The molecule has 0 unspecified atom stereocenters. The zero-order valence-corrected chi connectivity index (χ0v) is 19.5. The van der Waals surface area contributed by atoms with Gasteiger partial charge in [0.05, 0.1) is 4.88 Å². The number of rotatable bonds is 7. The Bertz CT molecular complexity index is 1150. The first-order valence-electron chi connectivity index (χ1n) is 10.6. The number of benzene rings is 2. The van der Waals surface area contributed by atoms with Gasteiger partial charge in [0.25, 0.3) is 5.89 Å². The normalized spacial score (nSPS) is 11.3. The van der Waals surface area contributed by atoms with Crippen molar-refractivity contribution in [3.8, 4) is 28.0 Å². The number of nitrogens with zero attached hydrogens (tertiary/aromatic N) is 2. The molecule has 160 valence electrons. The van der Waals surface area contributed by atoms with Gasteiger partial charge in [-0.25, -0.2) is 0 Å². The SMILES string of the molecule is Cc1cc(-c2nnc(-c3cc(CC(C)C)c(C)s3)o2)cc(C)c1OCc1ccccc1. The molecule has 0 amide bonds. The second-order valence-corrected chi connectivity index (χ2v) is 9.67. The van der Waals surface area contributed by atoms with Gasteiger partial charge in [-0.2, -0.15) is 0 Å². The first-order chi connectivity index (χ1) is 14.9. The van der Waals surface area contributed by atoms with E-state index in [2.05, 4.69) is 75.1 Å². The number of aromatic nitrogens is 2. The van der Waals surface area contributed by atoms with Crippen molar-refractivity contribution >= 4 is 11.3 Å². The Hall–Kier alpha value is -2.92. The van der Waals surface area contributed by atoms with Crippen molar-refractivity contribution in [1.82, 2.24) is 10.2 Å². The van der Waals surface area contributed by atoms with Crippen LogP contribution in [-0.2, 0) is 13.0 Å². The lowest BCUT2D eigenvalue weighted by Gasteiger charge is -2.13. The fraction of sp³-hybridized carbons (Fsp3) is 0.308. The van der Waals surface area contributed by atoms with Crippen LogP contribution in [-0.4, -0.2) is 10.2 Å². The minimum Gasteiger partial charge on any atom is -0.488 e. The number of thiophene rings is 1. The molecule has 4 aromatic rings. The minimum absolute atomic E-state index is 0.535. The van der Waals surface area contributed by atoms with Crippen LogP contribution in [0.3, 0.4) is 0 Å². The lowest BCUT2D eigenvalue weighted by molar-refractivity contribution is 0.302. The van der Waals surface area contributed by atoms with Crippen molar-refractivity contribution in [1.29, 1.82) is 0 Å². The number of hydrogen-bond donors (Lipinski definition) is 0. The Balaban J connectivity index is 1.55. The summed E-state index contributed by atoms with van der Waals surface area (Å²) in [5.41, 5.74) is 5.53. The molecule has 4 rings (SSSR count). The molecule has 0 saturated carbocycles. The third-order valence-corrected chi connectivity index (χ3v) is 6.30. The van der Waals surface area contributed by atoms with Gasteiger partial charge in [-0.15, -0.1) is 21.5 Å². The maximum atomic E-state index is 6.10. The third-order valence-electron chi connectivity index (χ3n) is 5.22.